The van der Waals surface area contributed by atoms with Crippen molar-refractivity contribution in [3.05, 3.63) is 17.0 Å². The Balaban J connectivity index is 2.22. The number of rotatable bonds is 3. The van der Waals surface area contributed by atoms with Crippen LogP contribution in [0.4, 0.5) is 5.82 Å². The molecule has 0 unspecified atom stereocenters. The summed E-state index contributed by atoms with van der Waals surface area (Å²) in [7, 11) is 3.74. The maximum Gasteiger partial charge on any atom is 0.150 e. The van der Waals surface area contributed by atoms with Crippen molar-refractivity contribution in [3.63, 3.8) is 0 Å². The first kappa shape index (κ1) is 10.3. The monoisotopic (exact) mass is 241 g/mol. The van der Waals surface area contributed by atoms with Gasteiger partial charge < -0.3 is 10.2 Å². The van der Waals surface area contributed by atoms with E-state index in [-0.39, 0.29) is 6.17 Å². The Bertz CT molecular complexity index is 405. The molecule has 1 N–H and O–H groups in total. The van der Waals surface area contributed by atoms with Crippen LogP contribution in [0.2, 0.25) is 5.02 Å². The molecule has 0 saturated carbocycles. The molecule has 1 aliphatic rings. The number of anilines is 1. The molecule has 1 fully saturated rings. The van der Waals surface area contributed by atoms with Crippen LogP contribution in [0.15, 0.2) is 6.17 Å². The molecule has 0 spiro atoms. The zero-order valence-electron chi connectivity index (χ0n) is 10.6. The van der Waals surface area contributed by atoms with E-state index in [1.807, 2.05) is 19.0 Å². The number of aromatic nitrogens is 2. The van der Waals surface area contributed by atoms with Crippen molar-refractivity contribution in [1.29, 1.82) is 0 Å². The summed E-state index contributed by atoms with van der Waals surface area (Å²) < 4.78 is 7.74. The first-order valence-electron chi connectivity index (χ1n) is 5.99. The summed E-state index contributed by atoms with van der Waals surface area (Å²) >= 11 is 6.01. The summed E-state index contributed by atoms with van der Waals surface area (Å²) in [5.41, 5.74) is 0. The second kappa shape index (κ2) is 4.97. The predicted octanol–water partition coefficient (Wildman–Crippen LogP) is 1.35. The highest BCUT2D eigenvalue weighted by atomic mass is 35.5. The number of halogens is 1. The molecule has 5 heteroatoms. The molecule has 1 atom stereocenters. The van der Waals surface area contributed by atoms with Crippen molar-refractivity contribution >= 4 is 17.4 Å². The fourth-order valence-electron chi connectivity index (χ4n) is 1.89. The van der Waals surface area contributed by atoms with Crippen LogP contribution in [0.5, 0.6) is 0 Å². The minimum atomic E-state index is 0.117. The quantitative estimate of drug-likeness (QED) is 0.868. The van der Waals surface area contributed by atoms with Gasteiger partial charge in [-0.15, -0.1) is 0 Å². The zero-order chi connectivity index (χ0) is 12.4. The molecule has 88 valence electrons. The van der Waals surface area contributed by atoms with Gasteiger partial charge in [0, 0.05) is 20.5 Å². The highest BCUT2D eigenvalue weighted by Gasteiger charge is 2.17. The van der Waals surface area contributed by atoms with E-state index in [1.54, 1.807) is 0 Å². The van der Waals surface area contributed by atoms with Crippen molar-refractivity contribution in [2.24, 2.45) is 5.92 Å². The number of hydrogen-bond acceptors (Lipinski definition) is 4. The Hall–Kier alpha value is -0.870. The molecule has 1 saturated heterocycles. The smallest absolute Gasteiger partial charge is 0.150 e. The van der Waals surface area contributed by atoms with E-state index in [0.717, 1.165) is 31.8 Å². The predicted molar refractivity (Wildman–Crippen MR) is 66.0 cm³/mol. The average Bonchev–Trinajstić information content (AvgIpc) is 2.75. The second-order valence-corrected chi connectivity index (χ2v) is 4.72. The third-order valence-electron chi connectivity index (χ3n) is 2.77. The molecule has 0 bridgehead atoms. The third-order valence-corrected chi connectivity index (χ3v) is 3.03. The standard InChI is InChI=1S/C11H17ClN4/c1-16(2)11-9(12)7-14-10(15-11)5-8-3-4-13-6-8/h7-8,13H,3-6H2,1-2H3/t8-/m0/s1/i7D. The second-order valence-electron chi connectivity index (χ2n) is 4.35. The minimum Gasteiger partial charge on any atom is -0.361 e. The van der Waals surface area contributed by atoms with Gasteiger partial charge in [-0.2, -0.15) is 0 Å². The SMILES string of the molecule is [2H]c1nc(C[C@@H]2CCNC2)nc(N(C)C)c1Cl. The fraction of sp³-hybridized carbons (Fsp3) is 0.636. The van der Waals surface area contributed by atoms with E-state index in [9.17, 15) is 0 Å². The Morgan fingerprint density at radius 2 is 2.50 bits per heavy atom. The molecule has 4 nitrogen and oxygen atoms in total. The van der Waals surface area contributed by atoms with Crippen LogP contribution in [0.1, 0.15) is 13.6 Å². The van der Waals surface area contributed by atoms with Gasteiger partial charge in [0.05, 0.1) is 7.54 Å². The van der Waals surface area contributed by atoms with Gasteiger partial charge in [0.15, 0.2) is 5.82 Å². The molecular weight excluding hydrogens is 224 g/mol. The lowest BCUT2D eigenvalue weighted by molar-refractivity contribution is 0.561. The normalized spacial score (nSPS) is 20.9. The van der Waals surface area contributed by atoms with E-state index >= 15 is 0 Å². The third kappa shape index (κ3) is 2.62. The van der Waals surface area contributed by atoms with Gasteiger partial charge in [0.25, 0.3) is 0 Å². The minimum absolute atomic E-state index is 0.117. The van der Waals surface area contributed by atoms with Crippen LogP contribution in [0.3, 0.4) is 0 Å². The van der Waals surface area contributed by atoms with Gasteiger partial charge in [-0.1, -0.05) is 11.6 Å². The van der Waals surface area contributed by atoms with E-state index in [2.05, 4.69) is 15.3 Å². The Labute approximate surface area is 102 Å². The number of hydrogen-bond donors (Lipinski definition) is 1. The van der Waals surface area contributed by atoms with Crippen molar-refractivity contribution in [2.75, 3.05) is 32.1 Å². The fourth-order valence-corrected chi connectivity index (χ4v) is 2.15. The van der Waals surface area contributed by atoms with E-state index in [4.69, 9.17) is 13.0 Å². The molecule has 0 aliphatic carbocycles. The molecule has 2 heterocycles. The Morgan fingerprint density at radius 1 is 1.69 bits per heavy atom. The first-order valence-corrected chi connectivity index (χ1v) is 5.86. The van der Waals surface area contributed by atoms with E-state index < -0.39 is 0 Å². The van der Waals surface area contributed by atoms with Gasteiger partial charge in [-0.05, 0) is 25.4 Å². The van der Waals surface area contributed by atoms with Crippen molar-refractivity contribution < 1.29 is 1.37 Å². The molecule has 0 aromatic carbocycles. The summed E-state index contributed by atoms with van der Waals surface area (Å²) in [6, 6.07) is 0. The van der Waals surface area contributed by atoms with Crippen molar-refractivity contribution in [3.8, 4) is 0 Å². The molecule has 1 aromatic heterocycles. The molecule has 1 aromatic rings. The van der Waals surface area contributed by atoms with Crippen LogP contribution in [-0.2, 0) is 6.42 Å². The summed E-state index contributed by atoms with van der Waals surface area (Å²) in [6.07, 6.45) is 2.08. The zero-order valence-corrected chi connectivity index (χ0v) is 10.4. The Kier molecular flexibility index (Phi) is 3.20. The maximum absolute atomic E-state index is 7.74. The van der Waals surface area contributed by atoms with Crippen LogP contribution in [0, 0.1) is 5.92 Å². The highest BCUT2D eigenvalue weighted by molar-refractivity contribution is 6.32. The van der Waals surface area contributed by atoms with Crippen LogP contribution >= 0.6 is 11.6 Å². The molecular formula is C11H17ClN4. The molecule has 0 amide bonds. The van der Waals surface area contributed by atoms with Gasteiger partial charge in [0.1, 0.15) is 10.8 Å². The van der Waals surface area contributed by atoms with Crippen LogP contribution in [0.25, 0.3) is 0 Å². The lowest BCUT2D eigenvalue weighted by Gasteiger charge is -2.14. The lowest BCUT2D eigenvalue weighted by atomic mass is 10.0. The molecule has 16 heavy (non-hydrogen) atoms. The van der Waals surface area contributed by atoms with Gasteiger partial charge >= 0.3 is 0 Å². The van der Waals surface area contributed by atoms with Gasteiger partial charge in [-0.3, -0.25) is 0 Å². The molecule has 1 aliphatic heterocycles. The topological polar surface area (TPSA) is 41.1 Å². The summed E-state index contributed by atoms with van der Waals surface area (Å²) in [4.78, 5) is 10.4. The van der Waals surface area contributed by atoms with Gasteiger partial charge in [0.2, 0.25) is 0 Å². The Morgan fingerprint density at radius 3 is 3.12 bits per heavy atom. The summed E-state index contributed by atoms with van der Waals surface area (Å²) in [6.45, 7) is 2.07. The highest BCUT2D eigenvalue weighted by Crippen LogP contribution is 2.21. The van der Waals surface area contributed by atoms with Crippen LogP contribution < -0.4 is 10.2 Å². The largest absolute Gasteiger partial charge is 0.361 e. The summed E-state index contributed by atoms with van der Waals surface area (Å²) in [5.74, 6) is 1.93. The molecule has 2 rings (SSSR count). The lowest BCUT2D eigenvalue weighted by Crippen LogP contribution is -2.15. The average molecular weight is 242 g/mol. The van der Waals surface area contributed by atoms with E-state index in [0.29, 0.717) is 16.8 Å². The van der Waals surface area contributed by atoms with E-state index in [1.165, 1.54) is 0 Å². The van der Waals surface area contributed by atoms with Gasteiger partial charge in [-0.25, -0.2) is 9.97 Å². The maximum atomic E-state index is 7.74. The first-order chi connectivity index (χ1) is 8.08. The number of nitrogens with one attached hydrogen (secondary N) is 1. The molecule has 0 radical (unpaired) electrons. The summed E-state index contributed by atoms with van der Waals surface area (Å²) in [5, 5.41) is 3.64. The number of nitrogens with zero attached hydrogens (tertiary/aromatic N) is 3. The van der Waals surface area contributed by atoms with Crippen molar-refractivity contribution in [2.45, 2.75) is 12.8 Å². The van der Waals surface area contributed by atoms with Crippen molar-refractivity contribution in [1.82, 2.24) is 15.3 Å². The van der Waals surface area contributed by atoms with Crippen LogP contribution in [-0.4, -0.2) is 37.2 Å².